The fraction of sp³-hybridized carbons (Fsp3) is 0.889. The van der Waals surface area contributed by atoms with E-state index in [1.165, 1.54) is 6.42 Å². The second-order valence-electron chi connectivity index (χ2n) is 3.74. The van der Waals surface area contributed by atoms with Crippen molar-refractivity contribution in [3.05, 3.63) is 0 Å². The number of hydrogen-bond acceptors (Lipinski definition) is 1. The van der Waals surface area contributed by atoms with Gasteiger partial charge >= 0.3 is 6.03 Å². The summed E-state index contributed by atoms with van der Waals surface area (Å²) in [6.07, 6.45) is 2.38. The lowest BCUT2D eigenvalue weighted by Crippen LogP contribution is -2.48. The van der Waals surface area contributed by atoms with E-state index in [1.807, 2.05) is 4.90 Å². The highest BCUT2D eigenvalue weighted by Crippen LogP contribution is 2.20. The Morgan fingerprint density at radius 3 is 2.67 bits per heavy atom. The Hall–Kier alpha value is -0.730. The molecular formula is C9H18N2O. The SMILES string of the molecule is CNC(=O)N1CC(C)CCC1C. The Balaban J connectivity index is 2.54. The van der Waals surface area contributed by atoms with Crippen molar-refractivity contribution < 1.29 is 4.79 Å². The van der Waals surface area contributed by atoms with Gasteiger partial charge < -0.3 is 10.2 Å². The van der Waals surface area contributed by atoms with Crippen LogP contribution in [0.2, 0.25) is 0 Å². The second kappa shape index (κ2) is 3.78. The molecule has 2 atom stereocenters. The van der Waals surface area contributed by atoms with Crippen LogP contribution >= 0.6 is 0 Å². The molecule has 0 bridgehead atoms. The molecule has 1 aliphatic rings. The first-order valence-electron chi connectivity index (χ1n) is 4.63. The number of nitrogens with zero attached hydrogens (tertiary/aromatic N) is 1. The van der Waals surface area contributed by atoms with Gasteiger partial charge in [-0.25, -0.2) is 4.79 Å². The Bertz CT molecular complexity index is 170. The highest BCUT2D eigenvalue weighted by atomic mass is 16.2. The van der Waals surface area contributed by atoms with E-state index < -0.39 is 0 Å². The number of hydrogen-bond donors (Lipinski definition) is 1. The zero-order valence-electron chi connectivity index (χ0n) is 8.13. The van der Waals surface area contributed by atoms with E-state index >= 15 is 0 Å². The van der Waals surface area contributed by atoms with E-state index in [1.54, 1.807) is 7.05 Å². The van der Waals surface area contributed by atoms with Gasteiger partial charge in [-0.15, -0.1) is 0 Å². The Morgan fingerprint density at radius 1 is 1.42 bits per heavy atom. The van der Waals surface area contributed by atoms with Gasteiger partial charge in [-0.3, -0.25) is 0 Å². The Kier molecular flexibility index (Phi) is 2.95. The first-order chi connectivity index (χ1) is 5.65. The molecule has 12 heavy (non-hydrogen) atoms. The largest absolute Gasteiger partial charge is 0.341 e. The van der Waals surface area contributed by atoms with E-state index in [-0.39, 0.29) is 6.03 Å². The molecule has 0 spiro atoms. The summed E-state index contributed by atoms with van der Waals surface area (Å²) in [5, 5.41) is 2.67. The Morgan fingerprint density at radius 2 is 2.08 bits per heavy atom. The minimum absolute atomic E-state index is 0.0639. The molecule has 0 aliphatic carbocycles. The Labute approximate surface area is 74.1 Å². The van der Waals surface area contributed by atoms with Crippen LogP contribution in [0.4, 0.5) is 4.79 Å². The van der Waals surface area contributed by atoms with Crippen molar-refractivity contribution in [1.82, 2.24) is 10.2 Å². The van der Waals surface area contributed by atoms with Crippen molar-refractivity contribution in [1.29, 1.82) is 0 Å². The lowest BCUT2D eigenvalue weighted by atomic mass is 9.95. The summed E-state index contributed by atoms with van der Waals surface area (Å²) < 4.78 is 0. The van der Waals surface area contributed by atoms with Crippen LogP contribution in [-0.4, -0.2) is 30.6 Å². The summed E-state index contributed by atoms with van der Waals surface area (Å²) in [6.45, 7) is 5.21. The predicted molar refractivity (Wildman–Crippen MR) is 49.0 cm³/mol. The number of likely N-dealkylation sites (tertiary alicyclic amines) is 1. The van der Waals surface area contributed by atoms with E-state index in [0.29, 0.717) is 12.0 Å². The number of piperidine rings is 1. The lowest BCUT2D eigenvalue weighted by Gasteiger charge is -2.36. The number of carbonyl (C=O) groups excluding carboxylic acids is 1. The van der Waals surface area contributed by atoms with E-state index in [9.17, 15) is 4.79 Å². The van der Waals surface area contributed by atoms with Crippen LogP contribution in [0.5, 0.6) is 0 Å². The molecule has 0 aromatic rings. The molecule has 1 aliphatic heterocycles. The molecule has 2 unspecified atom stereocenters. The highest BCUT2D eigenvalue weighted by Gasteiger charge is 2.25. The van der Waals surface area contributed by atoms with Gasteiger partial charge in [0.25, 0.3) is 0 Å². The molecule has 0 aromatic carbocycles. The van der Waals surface area contributed by atoms with Crippen LogP contribution in [0.25, 0.3) is 0 Å². The van der Waals surface area contributed by atoms with Crippen LogP contribution in [0.3, 0.4) is 0 Å². The summed E-state index contributed by atoms with van der Waals surface area (Å²) >= 11 is 0. The number of rotatable bonds is 0. The van der Waals surface area contributed by atoms with Crippen molar-refractivity contribution in [2.75, 3.05) is 13.6 Å². The predicted octanol–water partition coefficient (Wildman–Crippen LogP) is 1.45. The van der Waals surface area contributed by atoms with Gasteiger partial charge in [0.1, 0.15) is 0 Å². The van der Waals surface area contributed by atoms with Gasteiger partial charge in [0, 0.05) is 19.6 Å². The molecule has 3 heteroatoms. The van der Waals surface area contributed by atoms with Gasteiger partial charge in [-0.2, -0.15) is 0 Å². The van der Waals surface area contributed by atoms with Crippen LogP contribution in [-0.2, 0) is 0 Å². The lowest BCUT2D eigenvalue weighted by molar-refractivity contribution is 0.138. The van der Waals surface area contributed by atoms with Gasteiger partial charge in [0.15, 0.2) is 0 Å². The molecule has 1 saturated heterocycles. The normalized spacial score (nSPS) is 30.1. The average Bonchev–Trinajstić information content (AvgIpc) is 2.08. The number of nitrogens with one attached hydrogen (secondary N) is 1. The molecule has 0 saturated carbocycles. The highest BCUT2D eigenvalue weighted by molar-refractivity contribution is 5.74. The number of amides is 2. The minimum Gasteiger partial charge on any atom is -0.341 e. The van der Waals surface area contributed by atoms with E-state index in [0.717, 1.165) is 13.0 Å². The third kappa shape index (κ3) is 1.90. The zero-order valence-corrected chi connectivity index (χ0v) is 8.13. The number of urea groups is 1. The number of carbonyl (C=O) groups is 1. The fourth-order valence-electron chi connectivity index (χ4n) is 1.72. The molecule has 1 N–H and O–H groups in total. The maximum atomic E-state index is 11.3. The molecule has 1 fully saturated rings. The third-order valence-electron chi connectivity index (χ3n) is 2.59. The standard InChI is InChI=1S/C9H18N2O/c1-7-4-5-8(2)11(6-7)9(12)10-3/h7-8H,4-6H2,1-3H3,(H,10,12). The topological polar surface area (TPSA) is 32.3 Å². The minimum atomic E-state index is 0.0639. The molecule has 0 radical (unpaired) electrons. The van der Waals surface area contributed by atoms with Gasteiger partial charge in [0.05, 0.1) is 0 Å². The summed E-state index contributed by atoms with van der Waals surface area (Å²) in [5.74, 6) is 0.651. The van der Waals surface area contributed by atoms with Crippen LogP contribution < -0.4 is 5.32 Å². The average molecular weight is 170 g/mol. The van der Waals surface area contributed by atoms with Crippen LogP contribution in [0.15, 0.2) is 0 Å². The van der Waals surface area contributed by atoms with Crippen molar-refractivity contribution in [2.45, 2.75) is 32.7 Å². The maximum absolute atomic E-state index is 11.3. The summed E-state index contributed by atoms with van der Waals surface area (Å²) in [6, 6.07) is 0.468. The molecular weight excluding hydrogens is 152 g/mol. The van der Waals surface area contributed by atoms with Crippen molar-refractivity contribution >= 4 is 6.03 Å². The van der Waals surface area contributed by atoms with E-state index in [2.05, 4.69) is 19.2 Å². The summed E-state index contributed by atoms with van der Waals surface area (Å²) in [5.41, 5.74) is 0. The second-order valence-corrected chi connectivity index (χ2v) is 3.74. The first-order valence-corrected chi connectivity index (χ1v) is 4.63. The summed E-state index contributed by atoms with van der Waals surface area (Å²) in [7, 11) is 1.69. The molecule has 2 amide bonds. The molecule has 70 valence electrons. The van der Waals surface area contributed by atoms with Crippen LogP contribution in [0.1, 0.15) is 26.7 Å². The summed E-state index contributed by atoms with van der Waals surface area (Å²) in [4.78, 5) is 13.3. The monoisotopic (exact) mass is 170 g/mol. The van der Waals surface area contributed by atoms with Gasteiger partial charge in [0.2, 0.25) is 0 Å². The van der Waals surface area contributed by atoms with Gasteiger partial charge in [-0.05, 0) is 25.7 Å². The fourth-order valence-corrected chi connectivity index (χ4v) is 1.72. The smallest absolute Gasteiger partial charge is 0.317 e. The zero-order chi connectivity index (χ0) is 9.14. The van der Waals surface area contributed by atoms with Gasteiger partial charge in [-0.1, -0.05) is 6.92 Å². The third-order valence-corrected chi connectivity index (χ3v) is 2.59. The molecule has 1 heterocycles. The first kappa shape index (κ1) is 9.36. The van der Waals surface area contributed by atoms with Crippen LogP contribution in [0, 0.1) is 5.92 Å². The maximum Gasteiger partial charge on any atom is 0.317 e. The van der Waals surface area contributed by atoms with Crippen molar-refractivity contribution in [3.63, 3.8) is 0 Å². The molecule has 3 nitrogen and oxygen atoms in total. The molecule has 1 rings (SSSR count). The van der Waals surface area contributed by atoms with E-state index in [4.69, 9.17) is 0 Å². The van der Waals surface area contributed by atoms with Crippen molar-refractivity contribution in [2.24, 2.45) is 5.92 Å². The quantitative estimate of drug-likeness (QED) is 0.586. The molecule has 0 aromatic heterocycles. The van der Waals surface area contributed by atoms with Crippen molar-refractivity contribution in [3.8, 4) is 0 Å².